The lowest BCUT2D eigenvalue weighted by molar-refractivity contribution is 0.246. The monoisotopic (exact) mass is 205 g/mol. The first-order valence-electron chi connectivity index (χ1n) is 5.75. The minimum atomic E-state index is 0.565. The third-order valence-electron chi connectivity index (χ3n) is 3.30. The van der Waals surface area contributed by atoms with Crippen LogP contribution in [0.5, 0.6) is 5.75 Å². The van der Waals surface area contributed by atoms with E-state index in [1.165, 1.54) is 5.56 Å². The molecule has 0 spiro atoms. The Morgan fingerprint density at radius 3 is 3.00 bits per heavy atom. The zero-order chi connectivity index (χ0) is 10.7. The highest BCUT2D eigenvalue weighted by atomic mass is 16.5. The number of likely N-dealkylation sites (N-methyl/N-ethyl adjacent to an activating group) is 1. The van der Waals surface area contributed by atoms with Crippen LogP contribution in [0, 0.1) is 0 Å². The molecule has 0 fully saturated rings. The second-order valence-electron chi connectivity index (χ2n) is 4.08. The van der Waals surface area contributed by atoms with Gasteiger partial charge in [-0.3, -0.25) is 0 Å². The van der Waals surface area contributed by atoms with Crippen molar-refractivity contribution in [1.29, 1.82) is 0 Å². The summed E-state index contributed by atoms with van der Waals surface area (Å²) in [6, 6.07) is 8.98. The van der Waals surface area contributed by atoms with E-state index in [-0.39, 0.29) is 0 Å². The number of nitrogens with one attached hydrogen (secondary N) is 1. The van der Waals surface area contributed by atoms with Gasteiger partial charge in [0, 0.05) is 12.0 Å². The molecule has 1 N–H and O–H groups in total. The predicted molar refractivity (Wildman–Crippen MR) is 62.4 cm³/mol. The van der Waals surface area contributed by atoms with E-state index >= 15 is 0 Å². The second kappa shape index (κ2) is 4.67. The molecule has 2 heteroatoms. The molecular weight excluding hydrogens is 186 g/mol. The van der Waals surface area contributed by atoms with E-state index in [1.807, 2.05) is 13.1 Å². The van der Waals surface area contributed by atoms with Crippen molar-refractivity contribution < 1.29 is 4.74 Å². The van der Waals surface area contributed by atoms with Gasteiger partial charge in [-0.15, -0.1) is 0 Å². The molecule has 1 aromatic carbocycles. The number of ether oxygens (including phenoxy) is 1. The van der Waals surface area contributed by atoms with E-state index in [0.29, 0.717) is 12.0 Å². The van der Waals surface area contributed by atoms with Crippen molar-refractivity contribution >= 4 is 0 Å². The van der Waals surface area contributed by atoms with Crippen LogP contribution in [-0.2, 0) is 0 Å². The van der Waals surface area contributed by atoms with E-state index in [4.69, 9.17) is 4.74 Å². The summed E-state index contributed by atoms with van der Waals surface area (Å²) in [7, 11) is 2.05. The minimum Gasteiger partial charge on any atom is -0.493 e. The van der Waals surface area contributed by atoms with Crippen molar-refractivity contribution in [1.82, 2.24) is 5.32 Å². The number of hydrogen-bond acceptors (Lipinski definition) is 2. The number of benzene rings is 1. The molecule has 2 atom stereocenters. The van der Waals surface area contributed by atoms with E-state index in [9.17, 15) is 0 Å². The summed E-state index contributed by atoms with van der Waals surface area (Å²) < 4.78 is 5.67. The van der Waals surface area contributed by atoms with Gasteiger partial charge in [0.05, 0.1) is 6.61 Å². The fraction of sp³-hybridized carbons (Fsp3) is 0.538. The molecule has 0 saturated heterocycles. The lowest BCUT2D eigenvalue weighted by Gasteiger charge is -2.31. The number of hydrogen-bond donors (Lipinski definition) is 1. The molecule has 0 radical (unpaired) electrons. The summed E-state index contributed by atoms with van der Waals surface area (Å²) in [5.74, 6) is 1.67. The molecule has 1 heterocycles. The third-order valence-corrected chi connectivity index (χ3v) is 3.30. The Hall–Kier alpha value is -1.02. The third kappa shape index (κ3) is 2.00. The van der Waals surface area contributed by atoms with Crippen molar-refractivity contribution in [3.8, 4) is 5.75 Å². The maximum absolute atomic E-state index is 5.67. The molecule has 0 aromatic heterocycles. The van der Waals surface area contributed by atoms with Gasteiger partial charge < -0.3 is 10.1 Å². The molecule has 0 amide bonds. The molecule has 0 saturated carbocycles. The average Bonchev–Trinajstić information content (AvgIpc) is 2.31. The Labute approximate surface area is 91.6 Å². The van der Waals surface area contributed by atoms with Crippen LogP contribution in [0.1, 0.15) is 31.2 Å². The van der Waals surface area contributed by atoms with Crippen molar-refractivity contribution in [3.63, 3.8) is 0 Å². The summed E-state index contributed by atoms with van der Waals surface area (Å²) in [4.78, 5) is 0. The van der Waals surface area contributed by atoms with Crippen LogP contribution < -0.4 is 10.1 Å². The number of para-hydroxylation sites is 1. The molecule has 1 aliphatic heterocycles. The number of rotatable bonds is 3. The topological polar surface area (TPSA) is 21.3 Å². The first-order chi connectivity index (χ1) is 7.36. The quantitative estimate of drug-likeness (QED) is 0.818. The molecular formula is C13H19NO. The van der Waals surface area contributed by atoms with Gasteiger partial charge in [-0.05, 0) is 31.5 Å². The van der Waals surface area contributed by atoms with Crippen molar-refractivity contribution in [2.45, 2.75) is 31.7 Å². The summed E-state index contributed by atoms with van der Waals surface area (Å²) in [6.07, 6.45) is 2.28. The standard InChI is InChI=1S/C13H19NO/c1-3-12(14-2)10-8-9-15-13-7-5-4-6-11(10)13/h4-7,10,12,14H,3,8-9H2,1-2H3. The van der Waals surface area contributed by atoms with Crippen molar-refractivity contribution in [2.24, 2.45) is 0 Å². The fourth-order valence-electron chi connectivity index (χ4n) is 2.48. The van der Waals surface area contributed by atoms with Gasteiger partial charge in [0.1, 0.15) is 5.75 Å². The molecule has 15 heavy (non-hydrogen) atoms. The van der Waals surface area contributed by atoms with Crippen LogP contribution in [0.2, 0.25) is 0 Å². The zero-order valence-electron chi connectivity index (χ0n) is 9.49. The molecule has 1 aliphatic rings. The van der Waals surface area contributed by atoms with Crippen LogP contribution in [0.4, 0.5) is 0 Å². The lowest BCUT2D eigenvalue weighted by atomic mass is 9.85. The maximum Gasteiger partial charge on any atom is 0.122 e. The van der Waals surface area contributed by atoms with Crippen LogP contribution >= 0.6 is 0 Å². The summed E-state index contributed by atoms with van der Waals surface area (Å²) in [5, 5.41) is 3.41. The Morgan fingerprint density at radius 2 is 2.27 bits per heavy atom. The summed E-state index contributed by atoms with van der Waals surface area (Å²) in [5.41, 5.74) is 1.37. The van der Waals surface area contributed by atoms with Crippen LogP contribution in [0.15, 0.2) is 24.3 Å². The zero-order valence-corrected chi connectivity index (χ0v) is 9.49. The highest BCUT2D eigenvalue weighted by molar-refractivity contribution is 5.38. The first kappa shape index (κ1) is 10.5. The molecule has 82 valence electrons. The maximum atomic E-state index is 5.67. The Morgan fingerprint density at radius 1 is 1.47 bits per heavy atom. The van der Waals surface area contributed by atoms with Crippen LogP contribution in [0.25, 0.3) is 0 Å². The molecule has 0 aliphatic carbocycles. The number of fused-ring (bicyclic) bond motifs is 1. The lowest BCUT2D eigenvalue weighted by Crippen LogP contribution is -2.34. The average molecular weight is 205 g/mol. The van der Waals surface area contributed by atoms with Crippen LogP contribution in [-0.4, -0.2) is 19.7 Å². The first-order valence-corrected chi connectivity index (χ1v) is 5.75. The predicted octanol–water partition coefficient (Wildman–Crippen LogP) is 2.55. The second-order valence-corrected chi connectivity index (χ2v) is 4.08. The largest absolute Gasteiger partial charge is 0.493 e. The van der Waals surface area contributed by atoms with E-state index < -0.39 is 0 Å². The molecule has 2 unspecified atom stereocenters. The van der Waals surface area contributed by atoms with E-state index in [1.54, 1.807) is 0 Å². The SMILES string of the molecule is CCC(NC)C1CCOc2ccccc21. The van der Waals surface area contributed by atoms with Gasteiger partial charge in [0.25, 0.3) is 0 Å². The van der Waals surface area contributed by atoms with Gasteiger partial charge in [-0.2, -0.15) is 0 Å². The smallest absolute Gasteiger partial charge is 0.122 e. The molecule has 2 nitrogen and oxygen atoms in total. The minimum absolute atomic E-state index is 0.565. The van der Waals surface area contributed by atoms with Gasteiger partial charge in [0.2, 0.25) is 0 Å². The Kier molecular flexibility index (Phi) is 3.27. The van der Waals surface area contributed by atoms with Gasteiger partial charge in [-0.25, -0.2) is 0 Å². The molecule has 2 rings (SSSR count). The van der Waals surface area contributed by atoms with Gasteiger partial charge >= 0.3 is 0 Å². The van der Waals surface area contributed by atoms with Gasteiger partial charge in [0.15, 0.2) is 0 Å². The van der Waals surface area contributed by atoms with Crippen LogP contribution in [0.3, 0.4) is 0 Å². The highest BCUT2D eigenvalue weighted by Crippen LogP contribution is 2.36. The molecule has 1 aromatic rings. The van der Waals surface area contributed by atoms with E-state index in [0.717, 1.165) is 25.2 Å². The van der Waals surface area contributed by atoms with E-state index in [2.05, 4.69) is 30.4 Å². The Bertz CT molecular complexity index is 320. The molecule has 0 bridgehead atoms. The van der Waals surface area contributed by atoms with Crippen molar-refractivity contribution in [3.05, 3.63) is 29.8 Å². The fourth-order valence-corrected chi connectivity index (χ4v) is 2.48. The summed E-state index contributed by atoms with van der Waals surface area (Å²) in [6.45, 7) is 3.08. The van der Waals surface area contributed by atoms with Crippen molar-refractivity contribution in [2.75, 3.05) is 13.7 Å². The Balaban J connectivity index is 2.28. The highest BCUT2D eigenvalue weighted by Gasteiger charge is 2.26. The normalized spacial score (nSPS) is 21.6. The summed E-state index contributed by atoms with van der Waals surface area (Å²) >= 11 is 0. The van der Waals surface area contributed by atoms with Gasteiger partial charge in [-0.1, -0.05) is 25.1 Å².